The molecule has 0 saturated carbocycles. The first-order valence-electron chi connectivity index (χ1n) is 4.01. The van der Waals surface area contributed by atoms with Crippen molar-refractivity contribution >= 4 is 5.82 Å². The molecule has 0 aliphatic carbocycles. The van der Waals surface area contributed by atoms with Crippen LogP contribution in [0, 0.1) is 17.6 Å². The molecule has 6 heteroatoms. The van der Waals surface area contributed by atoms with E-state index in [4.69, 9.17) is 5.11 Å². The van der Waals surface area contributed by atoms with Crippen molar-refractivity contribution in [3.63, 3.8) is 0 Å². The zero-order valence-electron chi connectivity index (χ0n) is 7.23. The van der Waals surface area contributed by atoms with Gasteiger partial charge in [-0.25, -0.2) is 8.78 Å². The number of pyridine rings is 1. The second-order valence-corrected chi connectivity index (χ2v) is 2.60. The molecule has 78 valence electrons. The monoisotopic (exact) mass is 206 g/mol. The van der Waals surface area contributed by atoms with Crippen molar-refractivity contribution in [3.8, 4) is 0 Å². The van der Waals surface area contributed by atoms with Crippen LogP contribution in [0.4, 0.5) is 19.0 Å². The van der Waals surface area contributed by atoms with Gasteiger partial charge >= 0.3 is 0 Å². The summed E-state index contributed by atoms with van der Waals surface area (Å²) in [5.74, 6) is -3.98. The lowest BCUT2D eigenvalue weighted by Crippen LogP contribution is -2.08. The van der Waals surface area contributed by atoms with Gasteiger partial charge in [0.2, 0.25) is 0 Å². The molecule has 1 heterocycles. The summed E-state index contributed by atoms with van der Waals surface area (Å²) in [7, 11) is 0. The van der Waals surface area contributed by atoms with Crippen LogP contribution >= 0.6 is 0 Å². The third kappa shape index (κ3) is 2.59. The van der Waals surface area contributed by atoms with Crippen LogP contribution in [0.15, 0.2) is 6.07 Å². The Labute approximate surface area is 78.6 Å². The van der Waals surface area contributed by atoms with E-state index in [0.717, 1.165) is 0 Å². The van der Waals surface area contributed by atoms with Gasteiger partial charge < -0.3 is 10.4 Å². The minimum absolute atomic E-state index is 0.0711. The van der Waals surface area contributed by atoms with Crippen molar-refractivity contribution in [3.05, 3.63) is 23.6 Å². The molecule has 0 spiro atoms. The van der Waals surface area contributed by atoms with E-state index in [2.05, 4.69) is 10.3 Å². The van der Waals surface area contributed by atoms with Crippen molar-refractivity contribution in [1.29, 1.82) is 0 Å². The molecular weight excluding hydrogens is 197 g/mol. The molecule has 0 aliphatic rings. The molecule has 1 rings (SSSR count). The fraction of sp³-hybridized carbons (Fsp3) is 0.375. The summed E-state index contributed by atoms with van der Waals surface area (Å²) in [6.45, 7) is 0.170. The topological polar surface area (TPSA) is 45.1 Å². The third-order valence-electron chi connectivity index (χ3n) is 1.51. The molecule has 1 aromatic heterocycles. The van der Waals surface area contributed by atoms with Crippen LogP contribution in [-0.4, -0.2) is 23.2 Å². The normalized spacial score (nSPS) is 10.3. The van der Waals surface area contributed by atoms with Gasteiger partial charge in [-0.2, -0.15) is 9.37 Å². The Balaban J connectivity index is 2.72. The minimum Gasteiger partial charge on any atom is -0.396 e. The van der Waals surface area contributed by atoms with Crippen LogP contribution in [-0.2, 0) is 0 Å². The molecular formula is C8H9F3N2O. The van der Waals surface area contributed by atoms with Gasteiger partial charge in [-0.1, -0.05) is 0 Å². The lowest BCUT2D eigenvalue weighted by Gasteiger charge is -2.05. The highest BCUT2D eigenvalue weighted by molar-refractivity contribution is 5.35. The van der Waals surface area contributed by atoms with E-state index in [1.807, 2.05) is 0 Å². The average molecular weight is 206 g/mol. The second-order valence-electron chi connectivity index (χ2n) is 2.60. The van der Waals surface area contributed by atoms with E-state index in [0.29, 0.717) is 12.5 Å². The molecule has 3 nitrogen and oxygen atoms in total. The summed E-state index contributed by atoms with van der Waals surface area (Å²) in [4.78, 5) is 3.03. The van der Waals surface area contributed by atoms with Gasteiger partial charge in [-0.15, -0.1) is 0 Å². The van der Waals surface area contributed by atoms with E-state index in [1.54, 1.807) is 0 Å². The first-order valence-corrected chi connectivity index (χ1v) is 4.01. The second kappa shape index (κ2) is 4.80. The van der Waals surface area contributed by atoms with Gasteiger partial charge in [0.05, 0.1) is 0 Å². The van der Waals surface area contributed by atoms with Crippen LogP contribution in [0.5, 0.6) is 0 Å². The highest BCUT2D eigenvalue weighted by Gasteiger charge is 2.10. The maximum Gasteiger partial charge on any atom is 0.251 e. The summed E-state index contributed by atoms with van der Waals surface area (Å²) in [6.07, 6.45) is 0.375. The average Bonchev–Trinajstić information content (AvgIpc) is 2.14. The molecule has 0 saturated heterocycles. The largest absolute Gasteiger partial charge is 0.396 e. The number of aliphatic hydroxyl groups excluding tert-OH is 1. The number of hydrogen-bond donors (Lipinski definition) is 2. The Hall–Kier alpha value is -1.30. The van der Waals surface area contributed by atoms with Crippen LogP contribution in [0.25, 0.3) is 0 Å². The summed E-state index contributed by atoms with van der Waals surface area (Å²) < 4.78 is 37.8. The SMILES string of the molecule is OCCCNc1nc(F)c(F)cc1F. The first kappa shape index (κ1) is 10.8. The predicted molar refractivity (Wildman–Crippen MR) is 44.3 cm³/mol. The van der Waals surface area contributed by atoms with Gasteiger partial charge in [0.15, 0.2) is 17.5 Å². The molecule has 1 aromatic rings. The quantitative estimate of drug-likeness (QED) is 0.576. The van der Waals surface area contributed by atoms with E-state index in [1.165, 1.54) is 0 Å². The van der Waals surface area contributed by atoms with Crippen LogP contribution in [0.3, 0.4) is 0 Å². The van der Waals surface area contributed by atoms with Crippen LogP contribution in [0.2, 0.25) is 0 Å². The highest BCUT2D eigenvalue weighted by Crippen LogP contribution is 2.13. The first-order chi connectivity index (χ1) is 6.65. The Bertz CT molecular complexity index is 320. The molecule has 14 heavy (non-hydrogen) atoms. The van der Waals surface area contributed by atoms with Crippen molar-refractivity contribution in [2.75, 3.05) is 18.5 Å². The smallest absolute Gasteiger partial charge is 0.251 e. The minimum atomic E-state index is -1.35. The lowest BCUT2D eigenvalue weighted by molar-refractivity contribution is 0.292. The molecule has 2 N–H and O–H groups in total. The van der Waals surface area contributed by atoms with Crippen LogP contribution < -0.4 is 5.32 Å². The molecule has 0 radical (unpaired) electrons. The van der Waals surface area contributed by atoms with E-state index in [9.17, 15) is 13.2 Å². The number of anilines is 1. The summed E-state index contributed by atoms with van der Waals surface area (Å²) in [6, 6.07) is 0.420. The molecule has 0 fully saturated rings. The lowest BCUT2D eigenvalue weighted by atomic mass is 10.4. The fourth-order valence-electron chi connectivity index (χ4n) is 0.854. The summed E-state index contributed by atoms with van der Waals surface area (Å²) in [5, 5.41) is 10.9. The van der Waals surface area contributed by atoms with Gasteiger partial charge in [-0.05, 0) is 6.42 Å². The molecule has 0 bridgehead atoms. The Morgan fingerprint density at radius 1 is 1.29 bits per heavy atom. The maximum absolute atomic E-state index is 12.9. The molecule has 0 unspecified atom stereocenters. The van der Waals surface area contributed by atoms with Gasteiger partial charge in [0.1, 0.15) is 0 Å². The van der Waals surface area contributed by atoms with Crippen molar-refractivity contribution in [1.82, 2.24) is 4.98 Å². The highest BCUT2D eigenvalue weighted by atomic mass is 19.2. The van der Waals surface area contributed by atoms with Gasteiger partial charge in [0.25, 0.3) is 5.95 Å². The summed E-state index contributed by atoms with van der Waals surface area (Å²) >= 11 is 0. The zero-order chi connectivity index (χ0) is 10.6. The number of rotatable bonds is 4. The molecule has 0 atom stereocenters. The molecule has 0 aliphatic heterocycles. The van der Waals surface area contributed by atoms with E-state index < -0.39 is 17.6 Å². The number of nitrogens with one attached hydrogen (secondary N) is 1. The zero-order valence-corrected chi connectivity index (χ0v) is 7.23. The van der Waals surface area contributed by atoms with Crippen molar-refractivity contribution in [2.24, 2.45) is 0 Å². The van der Waals surface area contributed by atoms with Crippen molar-refractivity contribution in [2.45, 2.75) is 6.42 Å². The maximum atomic E-state index is 12.9. The number of nitrogens with zero attached hydrogens (tertiary/aromatic N) is 1. The Morgan fingerprint density at radius 3 is 2.64 bits per heavy atom. The third-order valence-corrected chi connectivity index (χ3v) is 1.51. The van der Waals surface area contributed by atoms with Gasteiger partial charge in [0, 0.05) is 19.2 Å². The fourth-order valence-corrected chi connectivity index (χ4v) is 0.854. The number of aliphatic hydroxyl groups is 1. The van der Waals surface area contributed by atoms with Gasteiger partial charge in [-0.3, -0.25) is 0 Å². The molecule has 0 amide bonds. The Kier molecular flexibility index (Phi) is 3.70. The number of hydrogen-bond acceptors (Lipinski definition) is 3. The number of halogens is 3. The summed E-state index contributed by atoms with van der Waals surface area (Å²) in [5.41, 5.74) is 0. The van der Waals surface area contributed by atoms with Crippen LogP contribution in [0.1, 0.15) is 6.42 Å². The molecule has 0 aromatic carbocycles. The van der Waals surface area contributed by atoms with E-state index >= 15 is 0 Å². The van der Waals surface area contributed by atoms with Crippen molar-refractivity contribution < 1.29 is 18.3 Å². The predicted octanol–water partition coefficient (Wildman–Crippen LogP) is 1.29. The Morgan fingerprint density at radius 2 is 2.00 bits per heavy atom. The standard InChI is InChI=1S/C8H9F3N2O/c9-5-4-6(10)8(13-7(5)11)12-2-1-3-14/h4,14H,1-3H2,(H,12,13). The number of aromatic nitrogens is 1. The van der Waals surface area contributed by atoms with E-state index in [-0.39, 0.29) is 19.0 Å².